The van der Waals surface area contributed by atoms with Gasteiger partial charge in [-0.1, -0.05) is 12.1 Å². The largest absolute Gasteiger partial charge is 0.494 e. The summed E-state index contributed by atoms with van der Waals surface area (Å²) in [4.78, 5) is 13.8. The van der Waals surface area contributed by atoms with E-state index in [4.69, 9.17) is 4.74 Å². The fourth-order valence-corrected chi connectivity index (χ4v) is 2.26. The highest BCUT2D eigenvalue weighted by molar-refractivity contribution is 5.81. The van der Waals surface area contributed by atoms with E-state index in [-0.39, 0.29) is 30.1 Å². The summed E-state index contributed by atoms with van der Waals surface area (Å²) in [6.45, 7) is 3.58. The van der Waals surface area contributed by atoms with Crippen molar-refractivity contribution in [1.29, 1.82) is 0 Å². The first-order valence-corrected chi connectivity index (χ1v) is 6.47. The Balaban J connectivity index is 2.18. The highest BCUT2D eigenvalue weighted by atomic mass is 19.1. The molecule has 1 aromatic carbocycles. The second-order valence-electron chi connectivity index (χ2n) is 4.72. The van der Waals surface area contributed by atoms with E-state index < -0.39 is 0 Å². The first kappa shape index (κ1) is 13.8. The minimum atomic E-state index is -0.386. The summed E-state index contributed by atoms with van der Waals surface area (Å²) in [5.74, 6) is -0.159. The number of benzene rings is 1. The maximum absolute atomic E-state index is 14.1. The summed E-state index contributed by atoms with van der Waals surface area (Å²) in [7, 11) is 1.44. The lowest BCUT2D eigenvalue weighted by molar-refractivity contribution is -0.132. The standard InChI is InChI=1S/C14H19FN2O2/c1-10-14(18)17(8-4-7-16-10)9-11-5-3-6-12(19-2)13(11)15/h3,5-6,10,16H,4,7-9H2,1-2H3. The molecular formula is C14H19FN2O2. The number of ether oxygens (including phenoxy) is 1. The number of halogens is 1. The molecule has 4 nitrogen and oxygen atoms in total. The average Bonchev–Trinajstić information content (AvgIpc) is 2.56. The predicted octanol–water partition coefficient (Wildman–Crippen LogP) is 1.54. The minimum Gasteiger partial charge on any atom is -0.494 e. The van der Waals surface area contributed by atoms with Gasteiger partial charge in [-0.15, -0.1) is 0 Å². The highest BCUT2D eigenvalue weighted by Gasteiger charge is 2.24. The minimum absolute atomic E-state index is 0.0136. The summed E-state index contributed by atoms with van der Waals surface area (Å²) < 4.78 is 19.0. The van der Waals surface area contributed by atoms with Gasteiger partial charge in [0.05, 0.1) is 13.2 Å². The van der Waals surface area contributed by atoms with Crippen LogP contribution in [0.3, 0.4) is 0 Å². The fourth-order valence-electron chi connectivity index (χ4n) is 2.26. The monoisotopic (exact) mass is 266 g/mol. The number of amides is 1. The number of carbonyl (C=O) groups excluding carboxylic acids is 1. The maximum atomic E-state index is 14.1. The van der Waals surface area contributed by atoms with Crippen LogP contribution in [-0.2, 0) is 11.3 Å². The van der Waals surface area contributed by atoms with Gasteiger partial charge in [-0.05, 0) is 26.0 Å². The number of rotatable bonds is 3. The lowest BCUT2D eigenvalue weighted by Crippen LogP contribution is -2.41. The molecule has 104 valence electrons. The van der Waals surface area contributed by atoms with E-state index in [0.717, 1.165) is 13.0 Å². The third-order valence-electron chi connectivity index (χ3n) is 3.36. The first-order valence-electron chi connectivity index (χ1n) is 6.47. The van der Waals surface area contributed by atoms with Gasteiger partial charge >= 0.3 is 0 Å². The van der Waals surface area contributed by atoms with Crippen molar-refractivity contribution in [1.82, 2.24) is 10.2 Å². The molecule has 0 saturated carbocycles. The third-order valence-corrected chi connectivity index (χ3v) is 3.36. The second kappa shape index (κ2) is 6.02. The molecule has 1 atom stereocenters. The molecule has 1 aromatic rings. The first-order chi connectivity index (χ1) is 9.13. The zero-order valence-electron chi connectivity index (χ0n) is 11.3. The number of nitrogens with zero attached hydrogens (tertiary/aromatic N) is 1. The Hall–Kier alpha value is -1.62. The second-order valence-corrected chi connectivity index (χ2v) is 4.72. The molecular weight excluding hydrogens is 247 g/mol. The van der Waals surface area contributed by atoms with Crippen molar-refractivity contribution in [3.05, 3.63) is 29.6 Å². The van der Waals surface area contributed by atoms with E-state index in [1.807, 2.05) is 6.92 Å². The van der Waals surface area contributed by atoms with Crippen molar-refractivity contribution < 1.29 is 13.9 Å². The Morgan fingerprint density at radius 2 is 2.32 bits per heavy atom. The van der Waals surface area contributed by atoms with Crippen LogP contribution in [0.2, 0.25) is 0 Å². The molecule has 1 amide bonds. The zero-order chi connectivity index (χ0) is 13.8. The highest BCUT2D eigenvalue weighted by Crippen LogP contribution is 2.21. The fraction of sp³-hybridized carbons (Fsp3) is 0.500. The maximum Gasteiger partial charge on any atom is 0.239 e. The molecule has 1 unspecified atom stereocenters. The number of carbonyl (C=O) groups is 1. The molecule has 0 aliphatic carbocycles. The molecule has 5 heteroatoms. The molecule has 1 N–H and O–H groups in total. The van der Waals surface area contributed by atoms with E-state index in [1.54, 1.807) is 23.1 Å². The molecule has 1 saturated heterocycles. The summed E-state index contributed by atoms with van der Waals surface area (Å²) in [6.07, 6.45) is 0.877. The quantitative estimate of drug-likeness (QED) is 0.902. The Labute approximate surface area is 112 Å². The smallest absolute Gasteiger partial charge is 0.239 e. The molecule has 1 fully saturated rings. The van der Waals surface area contributed by atoms with Crippen LogP contribution < -0.4 is 10.1 Å². The van der Waals surface area contributed by atoms with Crippen LogP contribution >= 0.6 is 0 Å². The number of hydrogen-bond acceptors (Lipinski definition) is 3. The van der Waals surface area contributed by atoms with Crippen LogP contribution in [0.1, 0.15) is 18.9 Å². The van der Waals surface area contributed by atoms with E-state index in [2.05, 4.69) is 5.32 Å². The van der Waals surface area contributed by atoms with Gasteiger partial charge in [-0.2, -0.15) is 0 Å². The molecule has 0 aromatic heterocycles. The number of nitrogens with one attached hydrogen (secondary N) is 1. The lowest BCUT2D eigenvalue weighted by atomic mass is 10.1. The molecule has 1 aliphatic rings. The summed E-state index contributed by atoms with van der Waals surface area (Å²) in [6, 6.07) is 4.79. The Bertz CT molecular complexity index is 465. The van der Waals surface area contributed by atoms with Gasteiger partial charge in [0.2, 0.25) is 5.91 Å². The summed E-state index contributed by atoms with van der Waals surface area (Å²) >= 11 is 0. The van der Waals surface area contributed by atoms with E-state index >= 15 is 0 Å². The third kappa shape index (κ3) is 3.04. The van der Waals surface area contributed by atoms with Crippen LogP contribution in [0.4, 0.5) is 4.39 Å². The SMILES string of the molecule is COc1cccc(CN2CCCNC(C)C2=O)c1F. The topological polar surface area (TPSA) is 41.6 Å². The van der Waals surface area contributed by atoms with Crippen LogP contribution in [0.5, 0.6) is 5.75 Å². The average molecular weight is 266 g/mol. The normalized spacial score (nSPS) is 20.3. The lowest BCUT2D eigenvalue weighted by Gasteiger charge is -2.23. The van der Waals surface area contributed by atoms with Crippen molar-refractivity contribution in [2.75, 3.05) is 20.2 Å². The molecule has 2 rings (SSSR count). The summed E-state index contributed by atoms with van der Waals surface area (Å²) in [5, 5.41) is 3.14. The Kier molecular flexibility index (Phi) is 4.37. The Morgan fingerprint density at radius 1 is 1.53 bits per heavy atom. The summed E-state index contributed by atoms with van der Waals surface area (Å²) in [5.41, 5.74) is 0.488. The molecule has 1 heterocycles. The predicted molar refractivity (Wildman–Crippen MR) is 70.5 cm³/mol. The molecule has 1 aliphatic heterocycles. The number of hydrogen-bond donors (Lipinski definition) is 1. The van der Waals surface area contributed by atoms with Crippen LogP contribution in [0, 0.1) is 5.82 Å². The van der Waals surface area contributed by atoms with Crippen molar-refractivity contribution in [3.63, 3.8) is 0 Å². The molecule has 19 heavy (non-hydrogen) atoms. The van der Waals surface area contributed by atoms with E-state index in [1.165, 1.54) is 7.11 Å². The van der Waals surface area contributed by atoms with Gasteiger partial charge in [0, 0.05) is 18.7 Å². The van der Waals surface area contributed by atoms with Gasteiger partial charge in [0.15, 0.2) is 11.6 Å². The van der Waals surface area contributed by atoms with Crippen molar-refractivity contribution in [2.45, 2.75) is 25.9 Å². The van der Waals surface area contributed by atoms with Crippen molar-refractivity contribution in [3.8, 4) is 5.75 Å². The van der Waals surface area contributed by atoms with Gasteiger partial charge in [0.25, 0.3) is 0 Å². The molecule has 0 radical (unpaired) electrons. The van der Waals surface area contributed by atoms with E-state index in [9.17, 15) is 9.18 Å². The van der Waals surface area contributed by atoms with Crippen LogP contribution in [-0.4, -0.2) is 37.0 Å². The molecule has 0 bridgehead atoms. The van der Waals surface area contributed by atoms with Crippen LogP contribution in [0.15, 0.2) is 18.2 Å². The zero-order valence-corrected chi connectivity index (χ0v) is 11.3. The van der Waals surface area contributed by atoms with Gasteiger partial charge < -0.3 is 15.0 Å². The van der Waals surface area contributed by atoms with Crippen LogP contribution in [0.25, 0.3) is 0 Å². The molecule has 0 spiro atoms. The van der Waals surface area contributed by atoms with Gasteiger partial charge in [0.1, 0.15) is 0 Å². The van der Waals surface area contributed by atoms with Crippen molar-refractivity contribution in [2.24, 2.45) is 0 Å². The van der Waals surface area contributed by atoms with E-state index in [0.29, 0.717) is 12.1 Å². The van der Waals surface area contributed by atoms with Gasteiger partial charge in [-0.3, -0.25) is 4.79 Å². The Morgan fingerprint density at radius 3 is 3.05 bits per heavy atom. The van der Waals surface area contributed by atoms with Gasteiger partial charge in [-0.25, -0.2) is 4.39 Å². The van der Waals surface area contributed by atoms with Crippen molar-refractivity contribution >= 4 is 5.91 Å². The number of methoxy groups -OCH3 is 1.